The third-order valence-electron chi connectivity index (χ3n) is 4.55. The number of rotatable bonds is 9. The number of nitrogens with one attached hydrogen (secondary N) is 3. The van der Waals surface area contributed by atoms with Crippen LogP contribution in [0.2, 0.25) is 0 Å². The highest BCUT2D eigenvalue weighted by Crippen LogP contribution is 2.25. The Kier molecular flexibility index (Phi) is 7.33. The van der Waals surface area contributed by atoms with Crippen molar-refractivity contribution >= 4 is 11.8 Å². The van der Waals surface area contributed by atoms with Crippen LogP contribution in [0, 0.1) is 0 Å². The molecule has 0 aliphatic carbocycles. The van der Waals surface area contributed by atoms with Crippen molar-refractivity contribution in [1.82, 2.24) is 15.6 Å². The molecule has 0 unspecified atom stereocenters. The number of ether oxygens (including phenoxy) is 1. The van der Waals surface area contributed by atoms with Crippen molar-refractivity contribution in [3.63, 3.8) is 0 Å². The van der Waals surface area contributed by atoms with Crippen LogP contribution in [0.4, 0.5) is 5.82 Å². The van der Waals surface area contributed by atoms with Crippen LogP contribution >= 0.6 is 0 Å². The highest BCUT2D eigenvalue weighted by atomic mass is 16.5. The molecule has 0 amide bonds. The fraction of sp³-hybridized carbons (Fsp3) is 0.429. The van der Waals surface area contributed by atoms with Gasteiger partial charge in [0.15, 0.2) is 5.96 Å². The lowest BCUT2D eigenvalue weighted by Gasteiger charge is -2.12. The van der Waals surface area contributed by atoms with Crippen LogP contribution < -0.4 is 20.7 Å². The molecule has 2 heterocycles. The number of unbranched alkanes of at least 4 members (excludes halogenated alkanes) is 1. The first-order valence-corrected chi connectivity index (χ1v) is 9.69. The topological polar surface area (TPSA) is 70.6 Å². The summed E-state index contributed by atoms with van der Waals surface area (Å²) in [6.45, 7) is 3.50. The lowest BCUT2D eigenvalue weighted by atomic mass is 10.1. The maximum Gasteiger partial charge on any atom is 0.190 e. The largest absolute Gasteiger partial charge is 0.493 e. The molecule has 144 valence electrons. The summed E-state index contributed by atoms with van der Waals surface area (Å²) < 4.78 is 5.56. The van der Waals surface area contributed by atoms with Gasteiger partial charge >= 0.3 is 0 Å². The number of pyridine rings is 1. The zero-order valence-electron chi connectivity index (χ0n) is 16.0. The van der Waals surface area contributed by atoms with E-state index in [0.29, 0.717) is 0 Å². The predicted molar refractivity (Wildman–Crippen MR) is 111 cm³/mol. The van der Waals surface area contributed by atoms with Crippen LogP contribution in [-0.4, -0.2) is 44.2 Å². The number of anilines is 1. The normalized spacial score (nSPS) is 13.0. The first-order valence-electron chi connectivity index (χ1n) is 9.69. The second-order valence-electron chi connectivity index (χ2n) is 6.57. The molecule has 27 heavy (non-hydrogen) atoms. The average Bonchev–Trinajstić information content (AvgIpc) is 3.18. The maximum absolute atomic E-state index is 5.56. The molecule has 0 atom stereocenters. The number of aliphatic imine (C=N–C) groups is 1. The molecule has 0 saturated heterocycles. The van der Waals surface area contributed by atoms with Crippen LogP contribution in [0.5, 0.6) is 5.75 Å². The minimum Gasteiger partial charge on any atom is -0.493 e. The Morgan fingerprint density at radius 3 is 2.85 bits per heavy atom. The standard InChI is InChI=1S/C21H29N5O/c1-22-21(25-13-5-4-12-24-20-6-2-3-11-23-20)26-14-9-17-7-8-19-18(16-17)10-15-27-19/h2-3,6-8,11,16H,4-5,9-10,12-15H2,1H3,(H,23,24)(H2,22,25,26). The minimum absolute atomic E-state index is 0.810. The van der Waals surface area contributed by atoms with E-state index in [1.165, 1.54) is 11.1 Å². The molecule has 0 bridgehead atoms. The number of benzene rings is 1. The summed E-state index contributed by atoms with van der Waals surface area (Å²) in [6, 6.07) is 12.4. The Morgan fingerprint density at radius 2 is 2.00 bits per heavy atom. The van der Waals surface area contributed by atoms with Gasteiger partial charge in [-0.25, -0.2) is 4.98 Å². The highest BCUT2D eigenvalue weighted by molar-refractivity contribution is 5.79. The van der Waals surface area contributed by atoms with E-state index >= 15 is 0 Å². The van der Waals surface area contributed by atoms with E-state index in [0.717, 1.165) is 69.5 Å². The lowest BCUT2D eigenvalue weighted by Crippen LogP contribution is -2.38. The molecule has 1 aromatic carbocycles. The van der Waals surface area contributed by atoms with Gasteiger partial charge in [0.05, 0.1) is 6.61 Å². The van der Waals surface area contributed by atoms with Crippen molar-refractivity contribution in [2.45, 2.75) is 25.7 Å². The monoisotopic (exact) mass is 367 g/mol. The summed E-state index contributed by atoms with van der Waals surface area (Å²) in [4.78, 5) is 8.54. The Balaban J connectivity index is 1.27. The van der Waals surface area contributed by atoms with Crippen molar-refractivity contribution in [1.29, 1.82) is 0 Å². The third kappa shape index (κ3) is 6.16. The first-order chi connectivity index (χ1) is 13.3. The van der Waals surface area contributed by atoms with Gasteiger partial charge in [-0.3, -0.25) is 4.99 Å². The summed E-state index contributed by atoms with van der Waals surface area (Å²) in [5.41, 5.74) is 2.66. The number of hydrogen-bond acceptors (Lipinski definition) is 4. The molecule has 0 saturated carbocycles. The van der Waals surface area contributed by atoms with Crippen molar-refractivity contribution < 1.29 is 4.74 Å². The fourth-order valence-corrected chi connectivity index (χ4v) is 3.08. The van der Waals surface area contributed by atoms with Gasteiger partial charge in [0, 0.05) is 39.3 Å². The van der Waals surface area contributed by atoms with Gasteiger partial charge in [0.2, 0.25) is 0 Å². The molecule has 0 fully saturated rings. The number of aromatic nitrogens is 1. The number of guanidine groups is 1. The summed E-state index contributed by atoms with van der Waals surface area (Å²) in [5, 5.41) is 10.1. The minimum atomic E-state index is 0.810. The smallest absolute Gasteiger partial charge is 0.190 e. The van der Waals surface area contributed by atoms with E-state index in [4.69, 9.17) is 4.74 Å². The fourth-order valence-electron chi connectivity index (χ4n) is 3.08. The van der Waals surface area contributed by atoms with Crippen LogP contribution in [0.1, 0.15) is 24.0 Å². The predicted octanol–water partition coefficient (Wildman–Crippen LogP) is 2.62. The van der Waals surface area contributed by atoms with Gasteiger partial charge < -0.3 is 20.7 Å². The molecule has 3 rings (SSSR count). The van der Waals surface area contributed by atoms with Crippen molar-refractivity contribution in [3.05, 3.63) is 53.7 Å². The molecule has 0 radical (unpaired) electrons. The third-order valence-corrected chi connectivity index (χ3v) is 4.55. The Labute approximate surface area is 161 Å². The van der Waals surface area contributed by atoms with Gasteiger partial charge in [-0.05, 0) is 48.6 Å². The van der Waals surface area contributed by atoms with Gasteiger partial charge in [-0.2, -0.15) is 0 Å². The quantitative estimate of drug-likeness (QED) is 0.361. The van der Waals surface area contributed by atoms with Crippen LogP contribution in [-0.2, 0) is 12.8 Å². The van der Waals surface area contributed by atoms with Gasteiger partial charge in [0.1, 0.15) is 11.6 Å². The Morgan fingerprint density at radius 1 is 1.11 bits per heavy atom. The van der Waals surface area contributed by atoms with E-state index in [2.05, 4.69) is 44.1 Å². The molecule has 6 nitrogen and oxygen atoms in total. The highest BCUT2D eigenvalue weighted by Gasteiger charge is 2.11. The van der Waals surface area contributed by atoms with Gasteiger partial charge in [-0.15, -0.1) is 0 Å². The van der Waals surface area contributed by atoms with E-state index in [9.17, 15) is 0 Å². The Bertz CT molecular complexity index is 733. The zero-order valence-corrected chi connectivity index (χ0v) is 16.0. The molecular formula is C21H29N5O. The first kappa shape index (κ1) is 19.0. The van der Waals surface area contributed by atoms with E-state index in [-0.39, 0.29) is 0 Å². The van der Waals surface area contributed by atoms with E-state index < -0.39 is 0 Å². The summed E-state index contributed by atoms with van der Waals surface area (Å²) in [5.74, 6) is 2.83. The lowest BCUT2D eigenvalue weighted by molar-refractivity contribution is 0.357. The van der Waals surface area contributed by atoms with Crippen molar-refractivity contribution in [2.24, 2.45) is 4.99 Å². The SMILES string of the molecule is CN=C(NCCCCNc1ccccn1)NCCc1ccc2c(c1)CCO2. The zero-order chi connectivity index (χ0) is 18.7. The summed E-state index contributed by atoms with van der Waals surface area (Å²) >= 11 is 0. The number of hydrogen-bond donors (Lipinski definition) is 3. The molecule has 3 N–H and O–H groups in total. The molecular weight excluding hydrogens is 338 g/mol. The molecule has 1 aliphatic rings. The number of nitrogens with zero attached hydrogens (tertiary/aromatic N) is 2. The van der Waals surface area contributed by atoms with E-state index in [1.807, 2.05) is 25.2 Å². The van der Waals surface area contributed by atoms with Gasteiger partial charge in [-0.1, -0.05) is 18.2 Å². The summed E-state index contributed by atoms with van der Waals surface area (Å²) in [6.07, 6.45) is 5.95. The average molecular weight is 367 g/mol. The molecule has 2 aromatic rings. The van der Waals surface area contributed by atoms with Crippen LogP contribution in [0.25, 0.3) is 0 Å². The molecule has 1 aliphatic heterocycles. The van der Waals surface area contributed by atoms with Gasteiger partial charge in [0.25, 0.3) is 0 Å². The second-order valence-corrected chi connectivity index (χ2v) is 6.57. The van der Waals surface area contributed by atoms with Crippen molar-refractivity contribution in [2.75, 3.05) is 38.6 Å². The second kappa shape index (κ2) is 10.4. The molecule has 0 spiro atoms. The van der Waals surface area contributed by atoms with Crippen LogP contribution in [0.15, 0.2) is 47.6 Å². The number of fused-ring (bicyclic) bond motifs is 1. The van der Waals surface area contributed by atoms with Crippen molar-refractivity contribution in [3.8, 4) is 5.75 Å². The maximum atomic E-state index is 5.56. The Hall–Kier alpha value is -2.76. The van der Waals surface area contributed by atoms with Crippen LogP contribution in [0.3, 0.4) is 0 Å². The summed E-state index contributed by atoms with van der Waals surface area (Å²) in [7, 11) is 1.81. The van der Waals surface area contributed by atoms with E-state index in [1.54, 1.807) is 6.20 Å². The molecule has 1 aromatic heterocycles. The molecule has 6 heteroatoms.